The second-order valence-electron chi connectivity index (χ2n) is 12.4. The van der Waals surface area contributed by atoms with Crippen LogP contribution in [-0.2, 0) is 28.9 Å². The Balaban J connectivity index is 1.37. The lowest BCUT2D eigenvalue weighted by Gasteiger charge is -2.51. The number of rotatable bonds is 6. The maximum Gasteiger partial charge on any atom is 0.250 e. The summed E-state index contributed by atoms with van der Waals surface area (Å²) in [4.78, 5) is 30.8. The Morgan fingerprint density at radius 1 is 0.846 bits per heavy atom. The quantitative estimate of drug-likeness (QED) is 0.391. The van der Waals surface area contributed by atoms with Crippen molar-refractivity contribution in [2.45, 2.75) is 83.7 Å². The predicted molar refractivity (Wildman–Crippen MR) is 157 cm³/mol. The van der Waals surface area contributed by atoms with Crippen molar-refractivity contribution in [1.82, 2.24) is 4.90 Å². The molecule has 0 heterocycles. The Bertz CT molecular complexity index is 1370. The fraction of sp³-hybridized carbons (Fsp3) is 0.429. The Morgan fingerprint density at radius 3 is 2.10 bits per heavy atom. The van der Waals surface area contributed by atoms with Crippen molar-refractivity contribution < 1.29 is 9.59 Å². The zero-order chi connectivity index (χ0) is 27.1. The van der Waals surface area contributed by atoms with Crippen LogP contribution in [0.15, 0.2) is 66.7 Å². The number of fused-ring (bicyclic) bond motifs is 2. The van der Waals surface area contributed by atoms with Gasteiger partial charge in [0.2, 0.25) is 11.8 Å². The minimum Gasteiger partial charge on any atom is -0.325 e. The first-order valence-electron chi connectivity index (χ1n) is 14.7. The highest BCUT2D eigenvalue weighted by atomic mass is 16.2. The molecule has 3 aromatic rings. The van der Waals surface area contributed by atoms with Crippen LogP contribution >= 0.6 is 0 Å². The van der Waals surface area contributed by atoms with E-state index in [1.165, 1.54) is 16.7 Å². The van der Waals surface area contributed by atoms with Gasteiger partial charge in [-0.3, -0.25) is 9.59 Å². The van der Waals surface area contributed by atoms with E-state index < -0.39 is 5.54 Å². The van der Waals surface area contributed by atoms with E-state index in [0.29, 0.717) is 18.3 Å². The van der Waals surface area contributed by atoms with Crippen molar-refractivity contribution in [3.63, 3.8) is 0 Å². The molecule has 39 heavy (non-hydrogen) atoms. The second kappa shape index (κ2) is 10.3. The van der Waals surface area contributed by atoms with Crippen LogP contribution in [0.25, 0.3) is 0 Å². The highest BCUT2D eigenvalue weighted by molar-refractivity contribution is 6.02. The summed E-state index contributed by atoms with van der Waals surface area (Å²) in [5, 5.41) is 3.38. The molecule has 1 N–H and O–H groups in total. The molecule has 0 spiro atoms. The summed E-state index contributed by atoms with van der Waals surface area (Å²) in [5.74, 6) is 1.05. The molecule has 4 heteroatoms. The van der Waals surface area contributed by atoms with Crippen molar-refractivity contribution in [2.24, 2.45) is 11.8 Å². The van der Waals surface area contributed by atoms with Gasteiger partial charge >= 0.3 is 0 Å². The fourth-order valence-corrected chi connectivity index (χ4v) is 7.51. The molecule has 0 aliphatic heterocycles. The monoisotopic (exact) mass is 520 g/mol. The minimum atomic E-state index is -0.829. The van der Waals surface area contributed by atoms with Crippen molar-refractivity contribution in [2.75, 3.05) is 5.32 Å². The number of hydrogen-bond donors (Lipinski definition) is 1. The normalized spacial score (nSPS) is 23.9. The van der Waals surface area contributed by atoms with Crippen molar-refractivity contribution in [1.29, 1.82) is 0 Å². The van der Waals surface area contributed by atoms with Crippen LogP contribution < -0.4 is 5.32 Å². The third kappa shape index (κ3) is 5.02. The number of nitrogens with zero attached hydrogens (tertiary/aromatic N) is 1. The van der Waals surface area contributed by atoms with Gasteiger partial charge in [-0.05, 0) is 105 Å². The van der Waals surface area contributed by atoms with Gasteiger partial charge in [0, 0.05) is 11.7 Å². The van der Waals surface area contributed by atoms with E-state index in [2.05, 4.69) is 67.4 Å². The van der Waals surface area contributed by atoms with E-state index in [1.807, 2.05) is 30.3 Å². The maximum absolute atomic E-state index is 14.6. The van der Waals surface area contributed by atoms with Crippen molar-refractivity contribution in [3.05, 3.63) is 100 Å². The largest absolute Gasteiger partial charge is 0.325 e. The number of carbonyl (C=O) groups is 2. The molecule has 0 radical (unpaired) electrons. The Morgan fingerprint density at radius 2 is 1.46 bits per heavy atom. The molecule has 2 fully saturated rings. The molecule has 0 aromatic heterocycles. The lowest BCUT2D eigenvalue weighted by molar-refractivity contribution is -0.150. The molecular formula is C35H40N2O2. The standard InChI is InChI=1S/C35H40N2O2/c1-23-17-24(2)33(25(3)18-23)36-34(39)35(37(31-13-14-31)32(38)19-26-9-5-4-6-10-26)16-15-29-20-27-11-7-8-12-28(27)21-30(29)22-35/h4-12,17-18,29-31H,13-16,19-22H2,1-3H3,(H,36,39)/t29-,30+,35?/m1/s1. The number of hydrogen-bond acceptors (Lipinski definition) is 2. The number of nitrogens with one attached hydrogen (secondary N) is 1. The zero-order valence-corrected chi connectivity index (χ0v) is 23.5. The first-order valence-corrected chi connectivity index (χ1v) is 14.7. The van der Waals surface area contributed by atoms with Crippen molar-refractivity contribution in [3.8, 4) is 0 Å². The summed E-state index contributed by atoms with van der Waals surface area (Å²) >= 11 is 0. The van der Waals surface area contributed by atoms with Crippen LogP contribution in [0.4, 0.5) is 5.69 Å². The predicted octanol–water partition coefficient (Wildman–Crippen LogP) is 6.74. The summed E-state index contributed by atoms with van der Waals surface area (Å²) in [6.45, 7) is 6.22. The highest BCUT2D eigenvalue weighted by Gasteiger charge is 2.55. The summed E-state index contributed by atoms with van der Waals surface area (Å²) in [5.41, 5.74) is 7.28. The number of benzene rings is 3. The zero-order valence-electron chi connectivity index (χ0n) is 23.5. The van der Waals surface area contributed by atoms with Crippen LogP contribution in [0.1, 0.15) is 65.5 Å². The van der Waals surface area contributed by atoms with Gasteiger partial charge in [0.05, 0.1) is 6.42 Å². The number of anilines is 1. The average molecular weight is 521 g/mol. The summed E-state index contributed by atoms with van der Waals surface area (Å²) in [6, 6.07) is 23.2. The van der Waals surface area contributed by atoms with Gasteiger partial charge in [0.25, 0.3) is 0 Å². The van der Waals surface area contributed by atoms with E-state index in [4.69, 9.17) is 0 Å². The summed E-state index contributed by atoms with van der Waals surface area (Å²) in [7, 11) is 0. The summed E-state index contributed by atoms with van der Waals surface area (Å²) < 4.78 is 0. The first-order chi connectivity index (χ1) is 18.8. The van der Waals surface area contributed by atoms with Crippen LogP contribution in [0.2, 0.25) is 0 Å². The van der Waals surface area contributed by atoms with Gasteiger partial charge in [-0.25, -0.2) is 0 Å². The van der Waals surface area contributed by atoms with E-state index in [9.17, 15) is 9.59 Å². The van der Waals surface area contributed by atoms with E-state index in [0.717, 1.165) is 67.3 Å². The van der Waals surface area contributed by atoms with Crippen LogP contribution in [-0.4, -0.2) is 28.3 Å². The highest BCUT2D eigenvalue weighted by Crippen LogP contribution is 2.49. The van der Waals surface area contributed by atoms with Crippen LogP contribution in [0.3, 0.4) is 0 Å². The molecule has 3 atom stereocenters. The average Bonchev–Trinajstić information content (AvgIpc) is 3.75. The van der Waals surface area contributed by atoms with Gasteiger partial charge < -0.3 is 10.2 Å². The van der Waals surface area contributed by atoms with Gasteiger partial charge in [-0.15, -0.1) is 0 Å². The lowest BCUT2D eigenvalue weighted by atomic mass is 9.62. The van der Waals surface area contributed by atoms with Gasteiger partial charge in [-0.1, -0.05) is 72.3 Å². The Hall–Kier alpha value is -3.40. The third-order valence-corrected chi connectivity index (χ3v) is 9.46. The Kier molecular flexibility index (Phi) is 6.82. The molecule has 3 aromatic carbocycles. The van der Waals surface area contributed by atoms with Gasteiger partial charge in [-0.2, -0.15) is 0 Å². The van der Waals surface area contributed by atoms with E-state index in [-0.39, 0.29) is 17.9 Å². The Labute approximate surface area is 232 Å². The van der Waals surface area contributed by atoms with E-state index in [1.54, 1.807) is 0 Å². The maximum atomic E-state index is 14.6. The van der Waals surface area contributed by atoms with Gasteiger partial charge in [0.1, 0.15) is 5.54 Å². The molecule has 0 bridgehead atoms. The molecule has 2 amide bonds. The molecule has 0 saturated heterocycles. The molecule has 3 aliphatic carbocycles. The lowest BCUT2D eigenvalue weighted by Crippen LogP contribution is -2.63. The third-order valence-electron chi connectivity index (χ3n) is 9.46. The summed E-state index contributed by atoms with van der Waals surface area (Å²) in [6.07, 6.45) is 6.80. The molecule has 4 nitrogen and oxygen atoms in total. The number of carbonyl (C=O) groups excluding carboxylic acids is 2. The second-order valence-corrected chi connectivity index (χ2v) is 12.4. The minimum absolute atomic E-state index is 0.00294. The van der Waals surface area contributed by atoms with Crippen molar-refractivity contribution >= 4 is 17.5 Å². The van der Waals surface area contributed by atoms with E-state index >= 15 is 0 Å². The first kappa shape index (κ1) is 25.9. The van der Waals surface area contributed by atoms with Crippen LogP contribution in [0.5, 0.6) is 0 Å². The molecule has 202 valence electrons. The van der Waals surface area contributed by atoms with Gasteiger partial charge in [0.15, 0.2) is 0 Å². The smallest absolute Gasteiger partial charge is 0.250 e. The number of aryl methyl sites for hydroxylation is 3. The topological polar surface area (TPSA) is 49.4 Å². The fourth-order valence-electron chi connectivity index (χ4n) is 7.51. The molecule has 2 saturated carbocycles. The molecule has 1 unspecified atom stereocenters. The molecular weight excluding hydrogens is 480 g/mol. The molecule has 3 aliphatic rings. The number of amides is 2. The molecule has 6 rings (SSSR count). The SMILES string of the molecule is Cc1cc(C)c(NC(=O)C2(N(C(=O)Cc3ccccc3)C3CC3)CC[C@@H]3Cc4ccccc4C[C@H]3C2)c(C)c1. The van der Waals surface area contributed by atoms with Crippen LogP contribution in [0, 0.1) is 32.6 Å².